The molecular formula is C18H25FIN3O2S. The van der Waals surface area contributed by atoms with Crippen molar-refractivity contribution in [2.45, 2.75) is 19.4 Å². The lowest BCUT2D eigenvalue weighted by Crippen LogP contribution is -2.44. The van der Waals surface area contributed by atoms with Crippen LogP contribution in [-0.2, 0) is 22.8 Å². The van der Waals surface area contributed by atoms with E-state index in [1.807, 2.05) is 6.07 Å². The van der Waals surface area contributed by atoms with E-state index in [0.29, 0.717) is 26.1 Å². The first-order chi connectivity index (χ1) is 12.0. The molecule has 2 aliphatic heterocycles. The molecule has 2 aliphatic rings. The number of hydrogen-bond acceptors (Lipinski definition) is 3. The molecule has 5 nitrogen and oxygen atoms in total. The monoisotopic (exact) mass is 493 g/mol. The second-order valence-electron chi connectivity index (χ2n) is 6.69. The Kier molecular flexibility index (Phi) is 7.45. The number of rotatable bonds is 4. The lowest BCUT2D eigenvalue weighted by atomic mass is 10.00. The molecule has 1 fully saturated rings. The Morgan fingerprint density at radius 1 is 1.42 bits per heavy atom. The van der Waals surface area contributed by atoms with Crippen LogP contribution in [0.25, 0.3) is 0 Å². The molecule has 0 saturated carbocycles. The summed E-state index contributed by atoms with van der Waals surface area (Å²) in [5, 5.41) is 3.24. The van der Waals surface area contributed by atoms with Crippen LogP contribution in [0, 0.1) is 11.7 Å². The van der Waals surface area contributed by atoms with E-state index in [2.05, 4.69) is 21.8 Å². The van der Waals surface area contributed by atoms with Gasteiger partial charge in [0.25, 0.3) is 0 Å². The van der Waals surface area contributed by atoms with Gasteiger partial charge in [-0.15, -0.1) is 30.6 Å². The second kappa shape index (κ2) is 9.16. The van der Waals surface area contributed by atoms with Crippen molar-refractivity contribution in [3.63, 3.8) is 0 Å². The number of halogens is 2. The maximum absolute atomic E-state index is 13.5. The molecule has 26 heavy (non-hydrogen) atoms. The summed E-state index contributed by atoms with van der Waals surface area (Å²) in [7, 11) is -2.89. The Bertz CT molecular complexity index is 783. The summed E-state index contributed by atoms with van der Waals surface area (Å²) >= 11 is 0. The van der Waals surface area contributed by atoms with Gasteiger partial charge >= 0.3 is 0 Å². The van der Waals surface area contributed by atoms with E-state index >= 15 is 0 Å². The fourth-order valence-electron chi connectivity index (χ4n) is 3.37. The molecule has 3 rings (SSSR count). The highest BCUT2D eigenvalue weighted by molar-refractivity contribution is 14.0. The molecule has 1 aromatic carbocycles. The molecule has 1 saturated heterocycles. The van der Waals surface area contributed by atoms with Gasteiger partial charge in [-0.2, -0.15) is 0 Å². The van der Waals surface area contributed by atoms with Gasteiger partial charge in [0, 0.05) is 26.2 Å². The fraction of sp³-hybridized carbons (Fsp3) is 0.500. The largest absolute Gasteiger partial charge is 0.353 e. The van der Waals surface area contributed by atoms with Crippen molar-refractivity contribution >= 4 is 39.8 Å². The molecule has 1 unspecified atom stereocenters. The van der Waals surface area contributed by atoms with Gasteiger partial charge in [0.05, 0.1) is 11.5 Å². The lowest BCUT2D eigenvalue weighted by Gasteiger charge is -2.32. The molecule has 0 amide bonds. The van der Waals surface area contributed by atoms with Crippen LogP contribution in [0.5, 0.6) is 0 Å². The minimum absolute atomic E-state index is 0. The van der Waals surface area contributed by atoms with Crippen molar-refractivity contribution in [1.29, 1.82) is 0 Å². The first-order valence-corrected chi connectivity index (χ1v) is 10.4. The average molecular weight is 493 g/mol. The van der Waals surface area contributed by atoms with Gasteiger partial charge in [-0.05, 0) is 42.0 Å². The van der Waals surface area contributed by atoms with E-state index in [0.717, 1.165) is 24.5 Å². The number of benzene rings is 1. The normalized spacial score (nSPS) is 21.7. The molecule has 2 heterocycles. The van der Waals surface area contributed by atoms with Crippen LogP contribution in [-0.4, -0.2) is 50.4 Å². The number of nitrogens with one attached hydrogen (secondary N) is 1. The van der Waals surface area contributed by atoms with Gasteiger partial charge in [-0.25, -0.2) is 12.8 Å². The van der Waals surface area contributed by atoms with Crippen molar-refractivity contribution in [3.8, 4) is 0 Å². The van der Waals surface area contributed by atoms with Gasteiger partial charge in [-0.3, -0.25) is 4.99 Å². The molecule has 1 aromatic rings. The summed E-state index contributed by atoms with van der Waals surface area (Å²) in [6.07, 6.45) is 3.27. The molecule has 8 heteroatoms. The highest BCUT2D eigenvalue weighted by Gasteiger charge is 2.28. The molecule has 0 aliphatic carbocycles. The zero-order valence-corrected chi connectivity index (χ0v) is 17.8. The number of sulfone groups is 1. The Morgan fingerprint density at radius 3 is 2.92 bits per heavy atom. The number of nitrogens with zero attached hydrogens (tertiary/aromatic N) is 2. The van der Waals surface area contributed by atoms with Crippen molar-refractivity contribution in [2.24, 2.45) is 10.9 Å². The zero-order valence-electron chi connectivity index (χ0n) is 14.7. The Labute approximate surface area is 171 Å². The minimum atomic E-state index is -2.89. The molecule has 1 N–H and O–H groups in total. The van der Waals surface area contributed by atoms with Crippen molar-refractivity contribution < 1.29 is 12.8 Å². The first-order valence-electron chi connectivity index (χ1n) is 8.59. The van der Waals surface area contributed by atoms with Crippen LogP contribution in [0.3, 0.4) is 0 Å². The molecule has 0 spiro atoms. The Morgan fingerprint density at radius 2 is 2.23 bits per heavy atom. The minimum Gasteiger partial charge on any atom is -0.353 e. The van der Waals surface area contributed by atoms with E-state index in [9.17, 15) is 12.8 Å². The topological polar surface area (TPSA) is 61.8 Å². The third kappa shape index (κ3) is 5.42. The maximum Gasteiger partial charge on any atom is 0.194 e. The van der Waals surface area contributed by atoms with E-state index in [1.54, 1.807) is 12.1 Å². The van der Waals surface area contributed by atoms with Gasteiger partial charge in [0.2, 0.25) is 0 Å². The standard InChI is InChI=1S/C18H24FN3O2S.HI/c1-2-7-20-18(21-11-14-6-9-25(23,24)13-14)22-8-5-15-3-4-17(19)10-16(15)12-22;/h2-4,10,14H,1,5-9,11-13H2,(H,20,21);1H. The van der Waals surface area contributed by atoms with Gasteiger partial charge in [0.1, 0.15) is 5.82 Å². The fourth-order valence-corrected chi connectivity index (χ4v) is 5.22. The zero-order chi connectivity index (χ0) is 17.9. The van der Waals surface area contributed by atoms with Gasteiger partial charge < -0.3 is 10.2 Å². The predicted molar refractivity (Wildman–Crippen MR) is 113 cm³/mol. The van der Waals surface area contributed by atoms with E-state index in [4.69, 9.17) is 0 Å². The molecule has 1 atom stereocenters. The smallest absolute Gasteiger partial charge is 0.194 e. The number of aliphatic imine (C=N–C) groups is 1. The van der Waals surface area contributed by atoms with Crippen molar-refractivity contribution in [1.82, 2.24) is 10.2 Å². The summed E-state index contributed by atoms with van der Waals surface area (Å²) < 4.78 is 36.7. The third-order valence-corrected chi connectivity index (χ3v) is 6.55. The molecule has 0 bridgehead atoms. The summed E-state index contributed by atoms with van der Waals surface area (Å²) in [6, 6.07) is 4.93. The van der Waals surface area contributed by atoms with Crippen LogP contribution in [0.2, 0.25) is 0 Å². The molecular weight excluding hydrogens is 468 g/mol. The second-order valence-corrected chi connectivity index (χ2v) is 8.92. The summed E-state index contributed by atoms with van der Waals surface area (Å²) in [5.41, 5.74) is 2.14. The van der Waals surface area contributed by atoms with E-state index in [-0.39, 0.29) is 47.2 Å². The van der Waals surface area contributed by atoms with E-state index in [1.165, 1.54) is 11.6 Å². The predicted octanol–water partition coefficient (Wildman–Crippen LogP) is 2.37. The highest BCUT2D eigenvalue weighted by Crippen LogP contribution is 2.21. The first kappa shape index (κ1) is 21.1. The van der Waals surface area contributed by atoms with Crippen LogP contribution in [0.4, 0.5) is 4.39 Å². The van der Waals surface area contributed by atoms with Crippen LogP contribution >= 0.6 is 24.0 Å². The number of guanidine groups is 1. The summed E-state index contributed by atoms with van der Waals surface area (Å²) in [4.78, 5) is 6.75. The molecule has 0 aromatic heterocycles. The van der Waals surface area contributed by atoms with Crippen LogP contribution < -0.4 is 5.32 Å². The quantitative estimate of drug-likeness (QED) is 0.303. The molecule has 0 radical (unpaired) electrons. The molecule has 144 valence electrons. The van der Waals surface area contributed by atoms with Crippen LogP contribution in [0.15, 0.2) is 35.8 Å². The van der Waals surface area contributed by atoms with Gasteiger partial charge in [0.15, 0.2) is 15.8 Å². The van der Waals surface area contributed by atoms with E-state index < -0.39 is 9.84 Å². The third-order valence-electron chi connectivity index (χ3n) is 4.71. The van der Waals surface area contributed by atoms with Gasteiger partial charge in [-0.1, -0.05) is 12.1 Å². The summed E-state index contributed by atoms with van der Waals surface area (Å²) in [6.45, 7) is 6.18. The summed E-state index contributed by atoms with van der Waals surface area (Å²) in [5.74, 6) is 1.08. The number of fused-ring (bicyclic) bond motifs is 1. The maximum atomic E-state index is 13.5. The Hall–Kier alpha value is -1.16. The van der Waals surface area contributed by atoms with Crippen LogP contribution in [0.1, 0.15) is 17.5 Å². The lowest BCUT2D eigenvalue weighted by molar-refractivity contribution is 0.377. The highest BCUT2D eigenvalue weighted by atomic mass is 127. The Balaban J connectivity index is 0.00000243. The SMILES string of the molecule is C=CCNC(=NCC1CCS(=O)(=O)C1)N1CCc2ccc(F)cc2C1.I. The number of hydrogen-bond donors (Lipinski definition) is 1. The van der Waals surface area contributed by atoms with Crippen molar-refractivity contribution in [2.75, 3.05) is 31.1 Å². The average Bonchev–Trinajstić information content (AvgIpc) is 2.93. The van der Waals surface area contributed by atoms with Crippen molar-refractivity contribution in [3.05, 3.63) is 47.8 Å².